The van der Waals surface area contributed by atoms with Crippen molar-refractivity contribution in [2.45, 2.75) is 43.1 Å². The summed E-state index contributed by atoms with van der Waals surface area (Å²) >= 11 is 0. The second kappa shape index (κ2) is 12.5. The van der Waals surface area contributed by atoms with Gasteiger partial charge >= 0.3 is 0 Å². The van der Waals surface area contributed by atoms with E-state index in [4.69, 9.17) is 14.2 Å². The van der Waals surface area contributed by atoms with Gasteiger partial charge in [-0.25, -0.2) is 14.4 Å². The van der Waals surface area contributed by atoms with Gasteiger partial charge in [0.25, 0.3) is 0 Å². The highest BCUT2D eigenvalue weighted by atomic mass is 35.5. The van der Waals surface area contributed by atoms with Crippen molar-refractivity contribution >= 4 is 29.3 Å². The summed E-state index contributed by atoms with van der Waals surface area (Å²) in [6.45, 7) is 0.741. The number of benzene rings is 3. The Morgan fingerprint density at radius 1 is 0.977 bits per heavy atom. The molecule has 10 heteroatoms. The third-order valence-electron chi connectivity index (χ3n) is 8.49. The van der Waals surface area contributed by atoms with Gasteiger partial charge < -0.3 is 29.2 Å². The molecular formula is C34H34ClFN4O4. The van der Waals surface area contributed by atoms with E-state index in [-0.39, 0.29) is 19.0 Å². The van der Waals surface area contributed by atoms with Crippen molar-refractivity contribution in [2.75, 3.05) is 25.6 Å². The van der Waals surface area contributed by atoms with E-state index in [1.54, 1.807) is 11.7 Å². The Kier molecular flexibility index (Phi) is 8.55. The molecule has 8 nitrogen and oxygen atoms in total. The number of nitrogens with one attached hydrogen (secondary N) is 1. The summed E-state index contributed by atoms with van der Waals surface area (Å²) in [6, 6.07) is 27.5. The van der Waals surface area contributed by atoms with Crippen LogP contribution in [0.1, 0.15) is 34.9 Å². The fourth-order valence-corrected chi connectivity index (χ4v) is 6.36. The molecule has 228 valence electrons. The van der Waals surface area contributed by atoms with Gasteiger partial charge in [-0.3, -0.25) is 0 Å². The van der Waals surface area contributed by atoms with Crippen LogP contribution in [0.5, 0.6) is 5.75 Å². The summed E-state index contributed by atoms with van der Waals surface area (Å²) in [7, 11) is 1.63. The average Bonchev–Trinajstić information content (AvgIpc) is 3.48. The lowest BCUT2D eigenvalue weighted by Gasteiger charge is -2.37. The van der Waals surface area contributed by atoms with Crippen molar-refractivity contribution in [3.8, 4) is 5.75 Å². The summed E-state index contributed by atoms with van der Waals surface area (Å²) in [5.74, 6) is 1.46. The van der Waals surface area contributed by atoms with Crippen LogP contribution in [-0.2, 0) is 21.5 Å². The van der Waals surface area contributed by atoms with E-state index in [9.17, 15) is 5.11 Å². The number of rotatable bonds is 8. The molecule has 4 atom stereocenters. The van der Waals surface area contributed by atoms with Crippen molar-refractivity contribution in [1.29, 1.82) is 0 Å². The lowest BCUT2D eigenvalue weighted by atomic mass is 9.80. The highest BCUT2D eigenvalue weighted by Gasteiger charge is 2.48. The third kappa shape index (κ3) is 5.09. The molecule has 2 aliphatic heterocycles. The predicted molar refractivity (Wildman–Crippen MR) is 168 cm³/mol. The van der Waals surface area contributed by atoms with Crippen molar-refractivity contribution in [3.05, 3.63) is 120 Å². The van der Waals surface area contributed by atoms with E-state index in [1.807, 2.05) is 91.1 Å². The number of methoxy groups -OCH3 is 1. The summed E-state index contributed by atoms with van der Waals surface area (Å²) in [5, 5.41) is 15.4. The maximum atomic E-state index is 15.9. The standard InChI is InChI=1S/C34H33FN4O4.ClH/c1-41-26-16-14-25(15-17-26)34(23-10-4-2-5-11-23,24-12-6-3-7-13-24)42-20-27-30(40)29(35)33(43-27)39-19-22-9-8-18-36-31-28(22)32(39)38-21-37-31;/h2-7,10-17,19,21,27,29-30,33,40H,8-9,18,20H2,1H3,(H,36,37,38);1H/t27-,29-,30-,33-;/m1./s1. The molecule has 7 rings (SSSR count). The highest BCUT2D eigenvalue weighted by Crippen LogP contribution is 2.43. The number of halogens is 2. The molecule has 0 aliphatic carbocycles. The lowest BCUT2D eigenvalue weighted by Crippen LogP contribution is -2.39. The fourth-order valence-electron chi connectivity index (χ4n) is 6.36. The largest absolute Gasteiger partial charge is 0.497 e. The molecule has 1 saturated heterocycles. The van der Waals surface area contributed by atoms with Gasteiger partial charge in [0.15, 0.2) is 12.4 Å². The maximum absolute atomic E-state index is 15.9. The van der Waals surface area contributed by atoms with Crippen LogP contribution in [0.15, 0.2) is 97.5 Å². The molecule has 2 aromatic heterocycles. The lowest BCUT2D eigenvalue weighted by molar-refractivity contribution is -0.0935. The molecular weight excluding hydrogens is 583 g/mol. The molecule has 2 N–H and O–H groups in total. The Morgan fingerprint density at radius 3 is 2.30 bits per heavy atom. The molecule has 0 spiro atoms. The summed E-state index contributed by atoms with van der Waals surface area (Å²) in [4.78, 5) is 8.87. The molecule has 3 aromatic carbocycles. The maximum Gasteiger partial charge on any atom is 0.173 e. The summed E-state index contributed by atoms with van der Waals surface area (Å²) in [6.07, 6.45) is 0.00856. The van der Waals surface area contributed by atoms with Crippen molar-refractivity contribution in [2.24, 2.45) is 0 Å². The molecule has 4 heterocycles. The van der Waals surface area contributed by atoms with E-state index < -0.39 is 30.2 Å². The third-order valence-corrected chi connectivity index (χ3v) is 8.49. The number of aryl methyl sites for hydroxylation is 1. The molecule has 1 fully saturated rings. The average molecular weight is 617 g/mol. The minimum Gasteiger partial charge on any atom is -0.497 e. The molecule has 0 radical (unpaired) electrons. The number of nitrogens with zero attached hydrogens (tertiary/aromatic N) is 3. The molecule has 0 saturated carbocycles. The zero-order valence-electron chi connectivity index (χ0n) is 24.2. The first-order valence-corrected chi connectivity index (χ1v) is 14.6. The van der Waals surface area contributed by atoms with Gasteiger partial charge in [-0.2, -0.15) is 0 Å². The molecule has 0 unspecified atom stereocenters. The number of hydrogen-bond donors (Lipinski definition) is 2. The second-order valence-corrected chi connectivity index (χ2v) is 11.0. The van der Waals surface area contributed by atoms with Crippen LogP contribution in [0.3, 0.4) is 0 Å². The van der Waals surface area contributed by atoms with Crippen LogP contribution in [0, 0.1) is 0 Å². The Labute approximate surface area is 261 Å². The van der Waals surface area contributed by atoms with E-state index in [0.29, 0.717) is 5.65 Å². The Bertz CT molecular complexity index is 1660. The molecule has 2 aliphatic rings. The first-order valence-electron chi connectivity index (χ1n) is 14.6. The SMILES string of the molecule is COc1ccc(C(OC[C@H]2O[C@@H](n3cc4c5c(ncnc53)NCCC4)[C@H](F)[C@@H]2O)(c2ccccc2)c2ccccc2)cc1.Cl. The Hall–Kier alpha value is -4.02. The van der Waals surface area contributed by atoms with E-state index in [0.717, 1.165) is 58.6 Å². The highest BCUT2D eigenvalue weighted by molar-refractivity contribution is 5.91. The number of aromatic nitrogens is 3. The van der Waals surface area contributed by atoms with Gasteiger partial charge in [-0.1, -0.05) is 72.8 Å². The van der Waals surface area contributed by atoms with Crippen LogP contribution in [-0.4, -0.2) is 58.3 Å². The van der Waals surface area contributed by atoms with Crippen molar-refractivity contribution < 1.29 is 23.7 Å². The van der Waals surface area contributed by atoms with Crippen LogP contribution in [0.4, 0.5) is 10.2 Å². The van der Waals surface area contributed by atoms with E-state index >= 15 is 4.39 Å². The Morgan fingerprint density at radius 2 is 1.64 bits per heavy atom. The smallest absolute Gasteiger partial charge is 0.173 e. The minimum atomic E-state index is -1.68. The number of ether oxygens (including phenoxy) is 3. The minimum absolute atomic E-state index is 0. The van der Waals surface area contributed by atoms with Gasteiger partial charge in [0.1, 0.15) is 41.4 Å². The topological polar surface area (TPSA) is 90.7 Å². The zero-order valence-corrected chi connectivity index (χ0v) is 25.0. The van der Waals surface area contributed by atoms with Gasteiger partial charge in [0, 0.05) is 12.7 Å². The quantitative estimate of drug-likeness (QED) is 0.212. The number of aliphatic hydroxyl groups is 1. The number of hydrogen-bond acceptors (Lipinski definition) is 7. The normalized spacial score (nSPS) is 21.3. The summed E-state index contributed by atoms with van der Waals surface area (Å²) in [5.41, 5.74) is 3.18. The van der Waals surface area contributed by atoms with E-state index in [2.05, 4.69) is 15.3 Å². The van der Waals surface area contributed by atoms with Crippen LogP contribution in [0.2, 0.25) is 0 Å². The van der Waals surface area contributed by atoms with Gasteiger partial charge in [0.2, 0.25) is 0 Å². The Balaban J connectivity index is 0.00000343. The fraction of sp³-hybridized carbons (Fsp3) is 0.294. The zero-order chi connectivity index (χ0) is 29.4. The first kappa shape index (κ1) is 30.0. The van der Waals surface area contributed by atoms with Crippen LogP contribution in [0.25, 0.3) is 11.0 Å². The number of aliphatic hydroxyl groups excluding tert-OH is 1. The first-order chi connectivity index (χ1) is 21.1. The molecule has 5 aromatic rings. The van der Waals surface area contributed by atoms with Gasteiger partial charge in [0.05, 0.1) is 19.1 Å². The van der Waals surface area contributed by atoms with Crippen molar-refractivity contribution in [1.82, 2.24) is 14.5 Å². The number of alkyl halides is 1. The van der Waals surface area contributed by atoms with Crippen LogP contribution < -0.4 is 10.1 Å². The monoisotopic (exact) mass is 616 g/mol. The predicted octanol–water partition coefficient (Wildman–Crippen LogP) is 5.82. The number of anilines is 1. The second-order valence-electron chi connectivity index (χ2n) is 11.0. The van der Waals surface area contributed by atoms with Gasteiger partial charge in [-0.05, 0) is 47.2 Å². The molecule has 0 amide bonds. The van der Waals surface area contributed by atoms with Crippen molar-refractivity contribution in [3.63, 3.8) is 0 Å². The van der Waals surface area contributed by atoms with Gasteiger partial charge in [-0.15, -0.1) is 12.4 Å². The summed E-state index contributed by atoms with van der Waals surface area (Å²) < 4.78 is 36.2. The molecule has 0 bridgehead atoms. The van der Waals surface area contributed by atoms with Crippen LogP contribution >= 0.6 is 12.4 Å². The molecule has 44 heavy (non-hydrogen) atoms. The van der Waals surface area contributed by atoms with E-state index in [1.165, 1.54) is 6.33 Å².